The number of amides is 1. The predicted octanol–water partition coefficient (Wildman–Crippen LogP) is 2.18. The summed E-state index contributed by atoms with van der Waals surface area (Å²) in [6.07, 6.45) is 1.65. The van der Waals surface area contributed by atoms with Gasteiger partial charge in [0.05, 0.1) is 6.26 Å². The molecule has 0 unspecified atom stereocenters. The zero-order valence-electron chi connectivity index (χ0n) is 13.7. The number of nitrogens with zero attached hydrogens (tertiary/aromatic N) is 1. The Labute approximate surface area is 140 Å². The van der Waals surface area contributed by atoms with Crippen LogP contribution in [0.3, 0.4) is 0 Å². The first-order chi connectivity index (χ1) is 11.3. The van der Waals surface area contributed by atoms with E-state index in [-0.39, 0.29) is 5.91 Å². The second-order valence-corrected chi connectivity index (χ2v) is 7.12. The van der Waals surface area contributed by atoms with Gasteiger partial charge in [0.25, 0.3) is 0 Å². The van der Waals surface area contributed by atoms with Gasteiger partial charge in [0, 0.05) is 17.4 Å². The number of benzene rings is 1. The summed E-state index contributed by atoms with van der Waals surface area (Å²) in [6, 6.07) is 7.81. The average molecular weight is 352 g/mol. The fourth-order valence-electron chi connectivity index (χ4n) is 2.04. The quantitative estimate of drug-likeness (QED) is 0.704. The van der Waals surface area contributed by atoms with Crippen molar-refractivity contribution in [1.29, 1.82) is 0 Å². The molecule has 1 heterocycles. The fraction of sp³-hybridized carbons (Fsp3) is 0.333. The van der Waals surface area contributed by atoms with Crippen molar-refractivity contribution in [3.63, 3.8) is 0 Å². The number of hydrogen-bond acceptors (Lipinski definition) is 6. The van der Waals surface area contributed by atoms with E-state index < -0.39 is 16.1 Å². The summed E-state index contributed by atoms with van der Waals surface area (Å²) in [5.74, 6) is 0.745. The second-order valence-electron chi connectivity index (χ2n) is 5.37. The summed E-state index contributed by atoms with van der Waals surface area (Å²) in [4.78, 5) is 12.3. The minimum Gasteiger partial charge on any atom is -0.374 e. The molecular formula is C15H20N4O4S. The van der Waals surface area contributed by atoms with E-state index in [1.165, 1.54) is 0 Å². The molecule has 0 aliphatic carbocycles. The van der Waals surface area contributed by atoms with Gasteiger partial charge >= 0.3 is 0 Å². The van der Waals surface area contributed by atoms with Gasteiger partial charge in [0.1, 0.15) is 11.8 Å². The van der Waals surface area contributed by atoms with Crippen LogP contribution < -0.4 is 15.4 Å². The van der Waals surface area contributed by atoms with Crippen LogP contribution in [-0.4, -0.2) is 31.8 Å². The van der Waals surface area contributed by atoms with Crippen LogP contribution in [0.1, 0.15) is 19.1 Å². The Kier molecular flexibility index (Phi) is 5.45. The average Bonchev–Trinajstić information content (AvgIpc) is 2.90. The third-order valence-corrected chi connectivity index (χ3v) is 3.74. The number of nitrogens with one attached hydrogen (secondary N) is 3. The zero-order chi connectivity index (χ0) is 17.7. The van der Waals surface area contributed by atoms with Crippen LogP contribution in [0.15, 0.2) is 34.9 Å². The molecule has 0 aliphatic rings. The van der Waals surface area contributed by atoms with Gasteiger partial charge in [-0.05, 0) is 37.6 Å². The largest absolute Gasteiger partial charge is 0.374 e. The van der Waals surface area contributed by atoms with Crippen LogP contribution in [0.5, 0.6) is 0 Å². The van der Waals surface area contributed by atoms with E-state index in [9.17, 15) is 13.2 Å². The Morgan fingerprint density at radius 2 is 1.88 bits per heavy atom. The molecule has 3 N–H and O–H groups in total. The number of carbonyl (C=O) groups is 1. The lowest BCUT2D eigenvalue weighted by molar-refractivity contribution is -0.117. The maximum absolute atomic E-state index is 12.3. The van der Waals surface area contributed by atoms with E-state index >= 15 is 0 Å². The Bertz CT molecular complexity index is 799. The third-order valence-electron chi connectivity index (χ3n) is 3.13. The van der Waals surface area contributed by atoms with Crippen molar-refractivity contribution in [1.82, 2.24) is 5.16 Å². The summed E-state index contributed by atoms with van der Waals surface area (Å²) in [5.41, 5.74) is 1.16. The number of carbonyl (C=O) groups excluding carboxylic acids is 1. The van der Waals surface area contributed by atoms with Gasteiger partial charge in [-0.3, -0.25) is 9.52 Å². The van der Waals surface area contributed by atoms with Crippen molar-refractivity contribution in [2.24, 2.45) is 0 Å². The van der Waals surface area contributed by atoms with E-state index in [4.69, 9.17) is 4.52 Å². The number of rotatable bonds is 7. The van der Waals surface area contributed by atoms with Crippen molar-refractivity contribution in [2.75, 3.05) is 21.6 Å². The normalized spacial score (nSPS) is 12.5. The molecule has 1 amide bonds. The second kappa shape index (κ2) is 7.35. The standard InChI is InChI=1S/C15H20N4O4S/c1-4-13(15(20)17-14-9-10(2)23-18-14)16-11-5-7-12(8-6-11)19-24(3,21)22/h5-9,13,16,19H,4H2,1-3H3,(H,17,18,20)/t13-/m1/s1. The van der Waals surface area contributed by atoms with Crippen LogP contribution in [0.25, 0.3) is 0 Å². The van der Waals surface area contributed by atoms with Gasteiger partial charge in [-0.25, -0.2) is 8.42 Å². The number of aryl methyl sites for hydroxylation is 1. The molecule has 8 nitrogen and oxygen atoms in total. The molecule has 2 rings (SSSR count). The Balaban J connectivity index is 2.00. The predicted molar refractivity (Wildman–Crippen MR) is 92.5 cm³/mol. The van der Waals surface area contributed by atoms with Gasteiger partial charge in [0.2, 0.25) is 15.9 Å². The van der Waals surface area contributed by atoms with Crippen LogP contribution >= 0.6 is 0 Å². The van der Waals surface area contributed by atoms with E-state index in [2.05, 4.69) is 20.5 Å². The molecule has 1 aromatic heterocycles. The molecule has 0 bridgehead atoms. The molecule has 0 aliphatic heterocycles. The first kappa shape index (κ1) is 17.8. The molecular weight excluding hydrogens is 332 g/mol. The molecule has 1 aromatic carbocycles. The van der Waals surface area contributed by atoms with Crippen molar-refractivity contribution < 1.29 is 17.7 Å². The van der Waals surface area contributed by atoms with E-state index in [0.717, 1.165) is 6.26 Å². The van der Waals surface area contributed by atoms with Gasteiger partial charge < -0.3 is 15.2 Å². The van der Waals surface area contributed by atoms with Crippen molar-refractivity contribution in [3.8, 4) is 0 Å². The van der Waals surface area contributed by atoms with Gasteiger partial charge in [-0.2, -0.15) is 0 Å². The fourth-order valence-corrected chi connectivity index (χ4v) is 2.61. The highest BCUT2D eigenvalue weighted by atomic mass is 32.2. The molecule has 2 aromatic rings. The lowest BCUT2D eigenvalue weighted by Gasteiger charge is -2.17. The lowest BCUT2D eigenvalue weighted by Crippen LogP contribution is -2.34. The molecule has 130 valence electrons. The molecule has 0 fully saturated rings. The molecule has 24 heavy (non-hydrogen) atoms. The van der Waals surface area contributed by atoms with Crippen LogP contribution in [0.2, 0.25) is 0 Å². The van der Waals surface area contributed by atoms with E-state index in [0.29, 0.717) is 29.4 Å². The van der Waals surface area contributed by atoms with Gasteiger partial charge in [-0.1, -0.05) is 12.1 Å². The SMILES string of the molecule is CC[C@@H](Nc1ccc(NS(C)(=O)=O)cc1)C(=O)Nc1cc(C)on1. The summed E-state index contributed by atoms with van der Waals surface area (Å²) in [7, 11) is -3.31. The summed E-state index contributed by atoms with van der Waals surface area (Å²) < 4.78 is 29.7. The minimum absolute atomic E-state index is 0.232. The summed E-state index contributed by atoms with van der Waals surface area (Å²) in [6.45, 7) is 3.62. The molecule has 1 atom stereocenters. The van der Waals surface area contributed by atoms with E-state index in [1.807, 2.05) is 6.92 Å². The molecule has 0 saturated carbocycles. The molecule has 0 saturated heterocycles. The minimum atomic E-state index is -3.31. The number of anilines is 3. The topological polar surface area (TPSA) is 113 Å². The number of hydrogen-bond donors (Lipinski definition) is 3. The highest BCUT2D eigenvalue weighted by Crippen LogP contribution is 2.17. The van der Waals surface area contributed by atoms with Gasteiger partial charge in [0.15, 0.2) is 5.82 Å². The van der Waals surface area contributed by atoms with Crippen molar-refractivity contribution in [2.45, 2.75) is 26.3 Å². The maximum Gasteiger partial charge on any atom is 0.248 e. The summed E-state index contributed by atoms with van der Waals surface area (Å²) >= 11 is 0. The first-order valence-corrected chi connectivity index (χ1v) is 9.24. The monoisotopic (exact) mass is 352 g/mol. The van der Waals surface area contributed by atoms with Crippen LogP contribution in [0.4, 0.5) is 17.2 Å². The summed E-state index contributed by atoms with van der Waals surface area (Å²) in [5, 5.41) is 9.50. The molecule has 9 heteroatoms. The highest BCUT2D eigenvalue weighted by molar-refractivity contribution is 7.92. The Morgan fingerprint density at radius 3 is 2.38 bits per heavy atom. The van der Waals surface area contributed by atoms with Crippen LogP contribution in [-0.2, 0) is 14.8 Å². The van der Waals surface area contributed by atoms with Gasteiger partial charge in [-0.15, -0.1) is 0 Å². The lowest BCUT2D eigenvalue weighted by atomic mass is 10.2. The zero-order valence-corrected chi connectivity index (χ0v) is 14.5. The molecule has 0 spiro atoms. The van der Waals surface area contributed by atoms with E-state index in [1.54, 1.807) is 37.3 Å². The smallest absolute Gasteiger partial charge is 0.248 e. The highest BCUT2D eigenvalue weighted by Gasteiger charge is 2.17. The Hall–Kier alpha value is -2.55. The maximum atomic E-state index is 12.3. The van der Waals surface area contributed by atoms with Crippen molar-refractivity contribution >= 4 is 33.1 Å². The van der Waals surface area contributed by atoms with Crippen molar-refractivity contribution in [3.05, 3.63) is 36.1 Å². The third kappa shape index (κ3) is 5.27. The number of sulfonamides is 1. The Morgan fingerprint density at radius 1 is 1.25 bits per heavy atom. The first-order valence-electron chi connectivity index (χ1n) is 7.35. The molecule has 0 radical (unpaired) electrons. The van der Waals surface area contributed by atoms with Crippen LogP contribution in [0, 0.1) is 6.92 Å². The number of aromatic nitrogens is 1.